The minimum atomic E-state index is -0.530. The second-order valence-corrected chi connectivity index (χ2v) is 18.7. The average molecular weight is 842 g/mol. The van der Waals surface area contributed by atoms with E-state index in [-0.39, 0.29) is 11.3 Å². The van der Waals surface area contributed by atoms with Crippen LogP contribution in [-0.2, 0) is 10.8 Å². The molecule has 0 amide bonds. The minimum absolute atomic E-state index is 0.134. The van der Waals surface area contributed by atoms with Gasteiger partial charge in [0.2, 0.25) is 0 Å². The molecule has 3 aliphatic carbocycles. The van der Waals surface area contributed by atoms with Crippen molar-refractivity contribution >= 4 is 17.1 Å². The first-order valence-corrected chi connectivity index (χ1v) is 23.3. The van der Waals surface area contributed by atoms with Gasteiger partial charge in [-0.1, -0.05) is 232 Å². The Kier molecular flexibility index (Phi) is 8.61. The maximum atomic E-state index is 2.60. The number of nitrogens with zero attached hydrogens (tertiary/aromatic N) is 1. The normalized spacial score (nSPS) is 15.2. The van der Waals surface area contributed by atoms with E-state index < -0.39 is 5.41 Å². The number of hydrogen-bond acceptors (Lipinski definition) is 1. The van der Waals surface area contributed by atoms with E-state index in [1.165, 1.54) is 106 Å². The van der Waals surface area contributed by atoms with Gasteiger partial charge >= 0.3 is 0 Å². The van der Waals surface area contributed by atoms with Crippen molar-refractivity contribution in [1.82, 2.24) is 0 Å². The van der Waals surface area contributed by atoms with E-state index in [4.69, 9.17) is 0 Å². The molecule has 0 fully saturated rings. The van der Waals surface area contributed by atoms with Crippen LogP contribution in [0.25, 0.3) is 44.5 Å². The first kappa shape index (κ1) is 38.5. The van der Waals surface area contributed by atoms with Crippen molar-refractivity contribution in [3.05, 3.63) is 293 Å². The van der Waals surface area contributed by atoms with Crippen molar-refractivity contribution in [2.24, 2.45) is 0 Å². The Morgan fingerprint density at radius 1 is 0.379 bits per heavy atom. The molecule has 1 unspecified atom stereocenters. The summed E-state index contributed by atoms with van der Waals surface area (Å²) in [5.74, 6) is 0.134. The predicted molar refractivity (Wildman–Crippen MR) is 274 cm³/mol. The monoisotopic (exact) mass is 841 g/mol. The second-order valence-electron chi connectivity index (χ2n) is 18.7. The van der Waals surface area contributed by atoms with E-state index in [1.54, 1.807) is 0 Å². The Balaban J connectivity index is 1.11. The number of hydrogen-bond donors (Lipinski definition) is 0. The van der Waals surface area contributed by atoms with Crippen LogP contribution in [0.5, 0.6) is 0 Å². The van der Waals surface area contributed by atoms with Gasteiger partial charge in [-0.3, -0.25) is 0 Å². The highest BCUT2D eigenvalue weighted by Crippen LogP contribution is 2.63. The molecule has 0 heterocycles. The van der Waals surface area contributed by atoms with Crippen LogP contribution in [0.2, 0.25) is 0 Å². The molecule has 1 nitrogen and oxygen atoms in total. The molecular weight excluding hydrogens is 795 g/mol. The summed E-state index contributed by atoms with van der Waals surface area (Å²) >= 11 is 0. The predicted octanol–water partition coefficient (Wildman–Crippen LogP) is 16.7. The summed E-state index contributed by atoms with van der Waals surface area (Å²) in [7, 11) is 0. The molecule has 0 radical (unpaired) electrons. The Morgan fingerprint density at radius 3 is 1.68 bits per heavy atom. The average Bonchev–Trinajstić information content (AvgIpc) is 3.97. The van der Waals surface area contributed by atoms with Gasteiger partial charge in [0.1, 0.15) is 0 Å². The van der Waals surface area contributed by atoms with Gasteiger partial charge in [0.15, 0.2) is 0 Å². The molecule has 10 aromatic rings. The van der Waals surface area contributed by atoms with E-state index in [9.17, 15) is 0 Å². The summed E-state index contributed by atoms with van der Waals surface area (Å²) in [5.41, 5.74) is 24.9. The highest BCUT2D eigenvalue weighted by Gasteiger charge is 2.48. The van der Waals surface area contributed by atoms with Crippen LogP contribution in [0.15, 0.2) is 243 Å². The van der Waals surface area contributed by atoms with E-state index >= 15 is 0 Å². The van der Waals surface area contributed by atoms with Crippen LogP contribution in [0.3, 0.4) is 0 Å². The van der Waals surface area contributed by atoms with Gasteiger partial charge in [0.05, 0.1) is 16.8 Å². The van der Waals surface area contributed by atoms with Crippen LogP contribution in [0.4, 0.5) is 17.1 Å². The maximum absolute atomic E-state index is 2.60. The molecule has 10 aromatic carbocycles. The highest BCUT2D eigenvalue weighted by molar-refractivity contribution is 6.01. The van der Waals surface area contributed by atoms with E-state index in [2.05, 4.69) is 261 Å². The standard InChI is InChI=1S/C65H47N/c1-64(2)55-41-40-51-49-32-15-16-33-50(49)59(44-24-9-4-10-25-44)62(51)61(55)53-35-20-39-58(63(53)64)66(48-31-19-26-45(42-48)43-22-7-3-8-23-43)57-38-21-37-56-60(57)52-34-17-18-36-54(52)65(56,46-27-11-5-12-28-46)47-29-13-6-14-30-47/h3-42,59H,1-2H3. The van der Waals surface area contributed by atoms with Crippen molar-refractivity contribution in [2.45, 2.75) is 30.6 Å². The van der Waals surface area contributed by atoms with Crippen molar-refractivity contribution in [3.8, 4) is 44.5 Å². The van der Waals surface area contributed by atoms with E-state index in [0.29, 0.717) is 0 Å². The van der Waals surface area contributed by atoms with Crippen LogP contribution in [-0.4, -0.2) is 0 Å². The van der Waals surface area contributed by atoms with Gasteiger partial charge in [0, 0.05) is 22.6 Å². The molecule has 13 rings (SSSR count). The van der Waals surface area contributed by atoms with Gasteiger partial charge in [0.25, 0.3) is 0 Å². The minimum Gasteiger partial charge on any atom is -0.310 e. The molecule has 66 heavy (non-hydrogen) atoms. The molecule has 0 aromatic heterocycles. The fourth-order valence-electron chi connectivity index (χ4n) is 12.4. The number of rotatable bonds is 7. The largest absolute Gasteiger partial charge is 0.310 e. The molecule has 0 N–H and O–H groups in total. The molecule has 0 aliphatic heterocycles. The fourth-order valence-corrected chi connectivity index (χ4v) is 12.4. The van der Waals surface area contributed by atoms with Crippen LogP contribution in [0, 0.1) is 0 Å². The summed E-state index contributed by atoms with van der Waals surface area (Å²) in [4.78, 5) is 2.60. The van der Waals surface area contributed by atoms with E-state index in [1.807, 2.05) is 0 Å². The number of anilines is 3. The number of fused-ring (bicyclic) bond motifs is 10. The number of benzene rings is 10. The molecular formula is C65H47N. The lowest BCUT2D eigenvalue weighted by atomic mass is 9.68. The lowest BCUT2D eigenvalue weighted by Crippen LogP contribution is -2.28. The molecule has 312 valence electrons. The molecule has 3 aliphatic rings. The van der Waals surface area contributed by atoms with Crippen molar-refractivity contribution in [2.75, 3.05) is 4.90 Å². The zero-order chi connectivity index (χ0) is 44.0. The lowest BCUT2D eigenvalue weighted by Gasteiger charge is -2.35. The maximum Gasteiger partial charge on any atom is 0.0714 e. The van der Waals surface area contributed by atoms with Gasteiger partial charge < -0.3 is 4.90 Å². The molecule has 0 bridgehead atoms. The fraction of sp³-hybridized carbons (Fsp3) is 0.0769. The third-order valence-corrected chi connectivity index (χ3v) is 15.0. The Hall–Kier alpha value is -8.00. The summed E-state index contributed by atoms with van der Waals surface area (Å²) in [6.07, 6.45) is 0. The van der Waals surface area contributed by atoms with E-state index in [0.717, 1.165) is 5.69 Å². The van der Waals surface area contributed by atoms with Gasteiger partial charge in [-0.2, -0.15) is 0 Å². The van der Waals surface area contributed by atoms with Gasteiger partial charge in [-0.15, -0.1) is 0 Å². The van der Waals surface area contributed by atoms with Crippen molar-refractivity contribution < 1.29 is 0 Å². The summed E-state index contributed by atoms with van der Waals surface area (Å²) in [5, 5.41) is 0. The van der Waals surface area contributed by atoms with Crippen LogP contribution < -0.4 is 4.90 Å². The van der Waals surface area contributed by atoms with Crippen LogP contribution in [0.1, 0.15) is 69.8 Å². The molecule has 0 spiro atoms. The van der Waals surface area contributed by atoms with Crippen molar-refractivity contribution in [1.29, 1.82) is 0 Å². The molecule has 0 saturated carbocycles. The summed E-state index contributed by atoms with van der Waals surface area (Å²) in [6.45, 7) is 4.90. The summed E-state index contributed by atoms with van der Waals surface area (Å²) in [6, 6.07) is 90.6. The SMILES string of the molecule is CC1(C)c2ccc3c(c2-c2cccc(N(c4cccc(-c5ccccc5)c4)c4cccc5c4-c4ccccc4C5(c4ccccc4)c4ccccc4)c21)C(c1ccccc1)c1ccccc1-3. The molecule has 1 atom stereocenters. The molecule has 1 heteroatoms. The third kappa shape index (κ3) is 5.41. The lowest BCUT2D eigenvalue weighted by molar-refractivity contribution is 0.660. The van der Waals surface area contributed by atoms with Crippen LogP contribution >= 0.6 is 0 Å². The second kappa shape index (κ2) is 14.8. The topological polar surface area (TPSA) is 3.24 Å². The summed E-state index contributed by atoms with van der Waals surface area (Å²) < 4.78 is 0. The smallest absolute Gasteiger partial charge is 0.0714 e. The van der Waals surface area contributed by atoms with Crippen molar-refractivity contribution in [3.63, 3.8) is 0 Å². The zero-order valence-corrected chi connectivity index (χ0v) is 37.1. The Morgan fingerprint density at radius 2 is 0.939 bits per heavy atom. The third-order valence-electron chi connectivity index (χ3n) is 15.0. The zero-order valence-electron chi connectivity index (χ0n) is 37.1. The first-order valence-electron chi connectivity index (χ1n) is 23.3. The Bertz CT molecular complexity index is 3460. The quantitative estimate of drug-likeness (QED) is 0.155. The Labute approximate surface area is 388 Å². The molecule has 0 saturated heterocycles. The first-order chi connectivity index (χ1) is 32.5. The van der Waals surface area contributed by atoms with Gasteiger partial charge in [-0.25, -0.2) is 0 Å². The highest BCUT2D eigenvalue weighted by atomic mass is 15.2. The van der Waals surface area contributed by atoms with Gasteiger partial charge in [-0.05, 0) is 113 Å².